The quantitative estimate of drug-likeness (QED) is 0.561. The molecule has 0 unspecified atom stereocenters. The van der Waals surface area contributed by atoms with Crippen LogP contribution in [0.3, 0.4) is 0 Å². The number of hydrogen-bond donors (Lipinski definition) is 0. The predicted molar refractivity (Wildman–Crippen MR) is 50.1 cm³/mol. The third kappa shape index (κ3) is 1.65. The molecule has 0 N–H and O–H groups in total. The summed E-state index contributed by atoms with van der Waals surface area (Å²) in [5.41, 5.74) is 0.554. The van der Waals surface area contributed by atoms with Gasteiger partial charge in [0.1, 0.15) is 5.69 Å². The Morgan fingerprint density at radius 2 is 2.21 bits per heavy atom. The second-order valence-electron chi connectivity index (χ2n) is 2.53. The Bertz CT molecular complexity index is 467. The molecule has 0 spiro atoms. The van der Waals surface area contributed by atoms with Gasteiger partial charge in [0.2, 0.25) is 5.28 Å². The van der Waals surface area contributed by atoms with E-state index in [1.807, 2.05) is 0 Å². The van der Waals surface area contributed by atoms with Crippen LogP contribution in [0.4, 0.5) is 0 Å². The van der Waals surface area contributed by atoms with Crippen LogP contribution in [0.2, 0.25) is 5.28 Å². The summed E-state index contributed by atoms with van der Waals surface area (Å²) in [5, 5.41) is 0.145. The van der Waals surface area contributed by atoms with E-state index < -0.39 is 0 Å². The molecule has 0 bridgehead atoms. The molecule has 0 saturated carbocycles. The summed E-state index contributed by atoms with van der Waals surface area (Å²) in [5.74, 6) is 0.756. The summed E-state index contributed by atoms with van der Waals surface area (Å²) >= 11 is 5.60. The molecule has 0 aliphatic heterocycles. The van der Waals surface area contributed by atoms with Gasteiger partial charge in [0.05, 0.1) is 0 Å². The lowest BCUT2D eigenvalue weighted by atomic mass is 10.3. The van der Waals surface area contributed by atoms with E-state index in [4.69, 9.17) is 16.0 Å². The van der Waals surface area contributed by atoms with Gasteiger partial charge in [-0.2, -0.15) is 0 Å². The fourth-order valence-corrected chi connectivity index (χ4v) is 1.17. The lowest BCUT2D eigenvalue weighted by Crippen LogP contribution is -1.84. The topological polar surface area (TPSA) is 56.0 Å². The molecule has 4 nitrogen and oxygen atoms in total. The zero-order valence-corrected chi connectivity index (χ0v) is 7.73. The first-order valence-corrected chi connectivity index (χ1v) is 4.21. The van der Waals surface area contributed by atoms with Crippen molar-refractivity contribution in [2.45, 2.75) is 0 Å². The van der Waals surface area contributed by atoms with Crippen molar-refractivity contribution in [3.8, 4) is 11.5 Å². The number of hydrogen-bond acceptors (Lipinski definition) is 4. The van der Waals surface area contributed by atoms with Gasteiger partial charge in [0.25, 0.3) is 0 Å². The predicted octanol–water partition coefficient (Wildman–Crippen LogP) is 2.20. The van der Waals surface area contributed by atoms with E-state index in [-0.39, 0.29) is 11.0 Å². The van der Waals surface area contributed by atoms with Crippen LogP contribution in [0, 0.1) is 0 Å². The number of nitrogens with zero attached hydrogens (tertiary/aromatic N) is 2. The maximum atomic E-state index is 10.4. The molecule has 0 atom stereocenters. The second-order valence-corrected chi connectivity index (χ2v) is 2.87. The average molecular weight is 209 g/mol. The minimum atomic E-state index is 0.145. The first-order valence-electron chi connectivity index (χ1n) is 3.83. The van der Waals surface area contributed by atoms with E-state index in [9.17, 15) is 4.79 Å². The van der Waals surface area contributed by atoms with Crippen LogP contribution in [-0.4, -0.2) is 16.3 Å². The average Bonchev–Trinajstić information content (AvgIpc) is 2.66. The maximum absolute atomic E-state index is 10.4. The van der Waals surface area contributed by atoms with Crippen LogP contribution in [0.25, 0.3) is 11.5 Å². The number of aldehydes is 1. The zero-order valence-electron chi connectivity index (χ0n) is 6.98. The highest BCUT2D eigenvalue weighted by Crippen LogP contribution is 2.19. The summed E-state index contributed by atoms with van der Waals surface area (Å²) in [7, 11) is 0. The van der Waals surface area contributed by atoms with Gasteiger partial charge in [-0.15, -0.1) is 0 Å². The van der Waals surface area contributed by atoms with Crippen molar-refractivity contribution in [2.75, 3.05) is 0 Å². The molecule has 14 heavy (non-hydrogen) atoms. The number of carbonyl (C=O) groups excluding carboxylic acids is 1. The van der Waals surface area contributed by atoms with Crippen LogP contribution in [-0.2, 0) is 0 Å². The van der Waals surface area contributed by atoms with E-state index in [0.717, 1.165) is 0 Å². The number of rotatable bonds is 2. The molecule has 70 valence electrons. The van der Waals surface area contributed by atoms with Crippen LogP contribution in [0.1, 0.15) is 10.6 Å². The highest BCUT2D eigenvalue weighted by Gasteiger charge is 2.05. The molecule has 2 rings (SSSR count). The SMILES string of the molecule is O=Cc1ccc(-c2ccnc(Cl)n2)o1. The Kier molecular flexibility index (Phi) is 2.28. The molecule has 0 aliphatic carbocycles. The van der Waals surface area contributed by atoms with Crippen LogP contribution in [0.5, 0.6) is 0 Å². The van der Waals surface area contributed by atoms with Crippen molar-refractivity contribution < 1.29 is 9.21 Å². The van der Waals surface area contributed by atoms with Gasteiger partial charge in [0.15, 0.2) is 17.8 Å². The van der Waals surface area contributed by atoms with Gasteiger partial charge in [-0.25, -0.2) is 9.97 Å². The second kappa shape index (κ2) is 3.59. The molecular formula is C9H5ClN2O2. The standard InChI is InChI=1S/C9H5ClN2O2/c10-9-11-4-3-7(12-9)8-2-1-6(5-13)14-8/h1-5H. The van der Waals surface area contributed by atoms with Gasteiger partial charge in [-0.05, 0) is 29.8 Å². The van der Waals surface area contributed by atoms with Gasteiger partial charge < -0.3 is 4.42 Å². The molecular weight excluding hydrogens is 204 g/mol. The number of halogens is 1. The summed E-state index contributed by atoms with van der Waals surface area (Å²) in [6.45, 7) is 0. The Balaban J connectivity index is 2.43. The summed E-state index contributed by atoms with van der Waals surface area (Å²) < 4.78 is 5.16. The molecule has 0 aliphatic rings. The van der Waals surface area contributed by atoms with E-state index in [1.54, 1.807) is 18.2 Å². The van der Waals surface area contributed by atoms with Crippen molar-refractivity contribution >= 4 is 17.9 Å². The number of furan rings is 1. The normalized spacial score (nSPS) is 10.1. The van der Waals surface area contributed by atoms with Crippen molar-refractivity contribution in [1.82, 2.24) is 9.97 Å². The molecule has 0 aromatic carbocycles. The molecule has 2 heterocycles. The fourth-order valence-electron chi connectivity index (χ4n) is 1.03. The minimum absolute atomic E-state index is 0.145. The van der Waals surface area contributed by atoms with Crippen LogP contribution in [0.15, 0.2) is 28.8 Å². The van der Waals surface area contributed by atoms with Gasteiger partial charge >= 0.3 is 0 Å². The molecule has 5 heteroatoms. The van der Waals surface area contributed by atoms with E-state index in [2.05, 4.69) is 9.97 Å². The highest BCUT2D eigenvalue weighted by atomic mass is 35.5. The van der Waals surface area contributed by atoms with Gasteiger partial charge in [-0.1, -0.05) is 0 Å². The molecule has 0 fully saturated rings. The minimum Gasteiger partial charge on any atom is -0.452 e. The Morgan fingerprint density at radius 3 is 2.86 bits per heavy atom. The van der Waals surface area contributed by atoms with Crippen molar-refractivity contribution in [3.63, 3.8) is 0 Å². The van der Waals surface area contributed by atoms with Crippen molar-refractivity contribution in [3.05, 3.63) is 35.4 Å². The molecule has 0 saturated heterocycles. The first-order chi connectivity index (χ1) is 6.79. The fraction of sp³-hybridized carbons (Fsp3) is 0. The van der Waals surface area contributed by atoms with Crippen molar-refractivity contribution in [1.29, 1.82) is 0 Å². The van der Waals surface area contributed by atoms with Crippen LogP contribution >= 0.6 is 11.6 Å². The van der Waals surface area contributed by atoms with E-state index >= 15 is 0 Å². The number of carbonyl (C=O) groups is 1. The lowest BCUT2D eigenvalue weighted by molar-refractivity contribution is 0.110. The van der Waals surface area contributed by atoms with Crippen LogP contribution < -0.4 is 0 Å². The monoisotopic (exact) mass is 208 g/mol. The molecule has 2 aromatic rings. The van der Waals surface area contributed by atoms with Crippen molar-refractivity contribution in [2.24, 2.45) is 0 Å². The third-order valence-corrected chi connectivity index (χ3v) is 1.80. The first kappa shape index (κ1) is 8.90. The van der Waals surface area contributed by atoms with E-state index in [1.165, 1.54) is 6.20 Å². The Morgan fingerprint density at radius 1 is 1.36 bits per heavy atom. The molecule has 0 amide bonds. The number of aromatic nitrogens is 2. The Labute approximate surface area is 84.6 Å². The van der Waals surface area contributed by atoms with Gasteiger partial charge in [-0.3, -0.25) is 4.79 Å². The summed E-state index contributed by atoms with van der Waals surface area (Å²) in [4.78, 5) is 18.0. The lowest BCUT2D eigenvalue weighted by Gasteiger charge is -1.94. The maximum Gasteiger partial charge on any atom is 0.222 e. The third-order valence-electron chi connectivity index (χ3n) is 1.62. The Hall–Kier alpha value is -1.68. The highest BCUT2D eigenvalue weighted by molar-refractivity contribution is 6.28. The zero-order chi connectivity index (χ0) is 9.97. The van der Waals surface area contributed by atoms with Gasteiger partial charge in [0, 0.05) is 6.20 Å². The summed E-state index contributed by atoms with van der Waals surface area (Å²) in [6, 6.07) is 4.88. The smallest absolute Gasteiger partial charge is 0.222 e. The largest absolute Gasteiger partial charge is 0.452 e. The summed E-state index contributed by atoms with van der Waals surface area (Å²) in [6.07, 6.45) is 2.15. The molecule has 0 radical (unpaired) electrons. The molecule has 2 aromatic heterocycles. The van der Waals surface area contributed by atoms with E-state index in [0.29, 0.717) is 17.7 Å².